The summed E-state index contributed by atoms with van der Waals surface area (Å²) in [6.07, 6.45) is -15.9. The van der Waals surface area contributed by atoms with Crippen molar-refractivity contribution in [2.45, 2.75) is 113 Å². The average Bonchev–Trinajstić information content (AvgIpc) is 2.94. The predicted octanol–water partition coefficient (Wildman–Crippen LogP) is -6.42. The molecule has 0 bridgehead atoms. The highest BCUT2D eigenvalue weighted by Crippen LogP contribution is 2.30. The number of aliphatic hydroxyl groups excluding tert-OH is 6. The number of aliphatic carboxylic acids is 1. The van der Waals surface area contributed by atoms with Crippen molar-refractivity contribution in [1.29, 1.82) is 0 Å². The van der Waals surface area contributed by atoms with E-state index in [0.717, 1.165) is 6.92 Å². The molecule has 0 radical (unpaired) electrons. The van der Waals surface area contributed by atoms with E-state index >= 15 is 0 Å². The topological polar surface area (TPSA) is 309 Å². The summed E-state index contributed by atoms with van der Waals surface area (Å²) in [5.41, 5.74) is 6.01. The summed E-state index contributed by atoms with van der Waals surface area (Å²) in [5.74, 6) is -3.62. The summed E-state index contributed by atoms with van der Waals surface area (Å²) < 4.78 is 22.5. The lowest BCUT2D eigenvalue weighted by Crippen LogP contribution is -2.68. The third kappa shape index (κ3) is 9.22. The number of carbonyl (C=O) groups excluding carboxylic acids is 3. The minimum Gasteiger partial charge on any atom is -0.480 e. The van der Waals surface area contributed by atoms with Gasteiger partial charge in [-0.1, -0.05) is 0 Å². The Morgan fingerprint density at radius 3 is 1.88 bits per heavy atom. The van der Waals surface area contributed by atoms with Crippen LogP contribution in [0.4, 0.5) is 0 Å². The third-order valence-corrected chi connectivity index (χ3v) is 7.00. The highest BCUT2D eigenvalue weighted by atomic mass is 16.7. The first-order chi connectivity index (χ1) is 20.0. The normalized spacial score (nSPS) is 35.6. The number of carboxylic acid groups (broad SMARTS) is 1. The van der Waals surface area contributed by atoms with Gasteiger partial charge in [-0.15, -0.1) is 0 Å². The van der Waals surface area contributed by atoms with Crippen LogP contribution in [0.5, 0.6) is 0 Å². The zero-order valence-corrected chi connectivity index (χ0v) is 24.0. The molecule has 248 valence electrons. The Bertz CT molecular complexity index is 973. The van der Waals surface area contributed by atoms with Crippen molar-refractivity contribution in [3.05, 3.63) is 0 Å². The smallest absolute Gasteiger partial charge is 0.325 e. The van der Waals surface area contributed by atoms with Crippen LogP contribution in [0.1, 0.15) is 27.7 Å². The van der Waals surface area contributed by atoms with Gasteiger partial charge in [-0.2, -0.15) is 0 Å². The van der Waals surface area contributed by atoms with Gasteiger partial charge >= 0.3 is 5.97 Å². The number of carboxylic acids is 1. The van der Waals surface area contributed by atoms with E-state index in [0.29, 0.717) is 0 Å². The summed E-state index contributed by atoms with van der Waals surface area (Å²) >= 11 is 0. The van der Waals surface area contributed by atoms with Gasteiger partial charge in [-0.05, 0) is 20.8 Å². The zero-order chi connectivity index (χ0) is 32.8. The van der Waals surface area contributed by atoms with Crippen molar-refractivity contribution in [3.63, 3.8) is 0 Å². The van der Waals surface area contributed by atoms with Gasteiger partial charge in [0.25, 0.3) is 0 Å². The molecular formula is C24H42N4O15. The van der Waals surface area contributed by atoms with Gasteiger partial charge in [0.2, 0.25) is 17.7 Å². The summed E-state index contributed by atoms with van der Waals surface area (Å²) in [6.45, 7) is 3.44. The summed E-state index contributed by atoms with van der Waals surface area (Å²) in [4.78, 5) is 48.0. The fourth-order valence-corrected chi connectivity index (χ4v) is 4.35. The largest absolute Gasteiger partial charge is 0.480 e. The number of rotatable bonds is 13. The molecule has 43 heavy (non-hydrogen) atoms. The van der Waals surface area contributed by atoms with Crippen LogP contribution in [-0.4, -0.2) is 158 Å². The van der Waals surface area contributed by atoms with Crippen molar-refractivity contribution in [2.75, 3.05) is 13.2 Å². The Kier molecular flexibility index (Phi) is 13.6. The fraction of sp³-hybridized carbons (Fsp3) is 0.833. The average molecular weight is 627 g/mol. The maximum atomic E-state index is 12.7. The van der Waals surface area contributed by atoms with E-state index in [9.17, 15) is 49.8 Å². The lowest BCUT2D eigenvalue weighted by molar-refractivity contribution is -0.347. The first-order valence-electron chi connectivity index (χ1n) is 13.5. The maximum Gasteiger partial charge on any atom is 0.325 e. The molecule has 12 N–H and O–H groups in total. The second kappa shape index (κ2) is 16.0. The van der Waals surface area contributed by atoms with E-state index in [1.54, 1.807) is 0 Å². The van der Waals surface area contributed by atoms with E-state index in [-0.39, 0.29) is 0 Å². The molecule has 3 amide bonds. The monoisotopic (exact) mass is 626 g/mol. The number of ether oxygens (including phenoxy) is 4. The second-order valence-electron chi connectivity index (χ2n) is 10.4. The first-order valence-corrected chi connectivity index (χ1v) is 13.5. The van der Waals surface area contributed by atoms with Crippen LogP contribution in [0.25, 0.3) is 0 Å². The van der Waals surface area contributed by atoms with Crippen molar-refractivity contribution in [3.8, 4) is 0 Å². The third-order valence-electron chi connectivity index (χ3n) is 7.00. The molecule has 14 atom stereocenters. The Morgan fingerprint density at radius 2 is 1.35 bits per heavy atom. The van der Waals surface area contributed by atoms with Crippen LogP contribution in [0.3, 0.4) is 0 Å². The summed E-state index contributed by atoms with van der Waals surface area (Å²) in [5, 5.41) is 76.7. The molecule has 2 aliphatic rings. The number of hydrogen-bond donors (Lipinski definition) is 11. The van der Waals surface area contributed by atoms with Gasteiger partial charge in [-0.25, -0.2) is 0 Å². The van der Waals surface area contributed by atoms with Gasteiger partial charge in [0.05, 0.1) is 19.3 Å². The zero-order valence-electron chi connectivity index (χ0n) is 24.0. The second-order valence-corrected chi connectivity index (χ2v) is 10.4. The van der Waals surface area contributed by atoms with E-state index in [4.69, 9.17) is 29.8 Å². The number of nitrogens with two attached hydrogens (primary N) is 1. The predicted molar refractivity (Wildman–Crippen MR) is 139 cm³/mol. The summed E-state index contributed by atoms with van der Waals surface area (Å²) in [6, 6.07) is -5.26. The molecule has 0 aromatic carbocycles. The molecular weight excluding hydrogens is 584 g/mol. The van der Waals surface area contributed by atoms with Crippen LogP contribution in [0.15, 0.2) is 0 Å². The first kappa shape index (κ1) is 36.6. The van der Waals surface area contributed by atoms with Crippen LogP contribution < -0.4 is 21.7 Å². The van der Waals surface area contributed by atoms with Crippen LogP contribution in [0.2, 0.25) is 0 Å². The van der Waals surface area contributed by atoms with E-state index in [2.05, 4.69) is 16.0 Å². The minimum atomic E-state index is -1.87. The lowest BCUT2D eigenvalue weighted by atomic mass is 9.95. The van der Waals surface area contributed by atoms with Crippen LogP contribution in [0, 0.1) is 0 Å². The summed E-state index contributed by atoms with van der Waals surface area (Å²) in [7, 11) is 0. The molecule has 2 rings (SSSR count). The van der Waals surface area contributed by atoms with Crippen molar-refractivity contribution in [2.24, 2.45) is 5.73 Å². The minimum absolute atomic E-state index is 0.663. The van der Waals surface area contributed by atoms with E-state index < -0.39 is 122 Å². The molecule has 0 aromatic rings. The molecule has 5 unspecified atom stereocenters. The molecule has 19 nitrogen and oxygen atoms in total. The Morgan fingerprint density at radius 1 is 0.814 bits per heavy atom. The molecule has 19 heteroatoms. The standard InChI is InChI=1S/C24H42N4O15/c1-7(20(36)27-8(2)22(38)39)26-21(37)13(25)9(3)40-23-14(28-10(4)31)19(16(33)12(6-30)41-23)43-24-18(35)17(34)15(32)11(5-29)42-24/h7-9,11-19,23-24,29-30,32-35H,5-6,25H2,1-4H3,(H,26,37)(H,27,36)(H,28,31)(H,38,39)/t7-,8-,9?,11?,12?,13-,14?,15-,16-,17-,18?,19+,23-,24-/m0/s1. The SMILES string of the molecule is CC(=O)NC1[C@@H](OC(C)[C@H](N)C(=O)N[C@@H](C)C(=O)N[C@@H](C)C(=O)O)OC(CO)[C@H](O)[C@@H]1O[C@@H]1OC(CO)[C@H](O)[C@H](O)C1O. The van der Waals surface area contributed by atoms with Gasteiger partial charge in [-0.3, -0.25) is 19.2 Å². The van der Waals surface area contributed by atoms with Crippen LogP contribution >= 0.6 is 0 Å². The van der Waals surface area contributed by atoms with Crippen molar-refractivity contribution >= 4 is 23.7 Å². The molecule has 2 aliphatic heterocycles. The number of carbonyl (C=O) groups is 4. The number of nitrogens with one attached hydrogen (secondary N) is 3. The lowest BCUT2D eigenvalue weighted by Gasteiger charge is -2.47. The highest BCUT2D eigenvalue weighted by molar-refractivity contribution is 5.91. The highest BCUT2D eigenvalue weighted by Gasteiger charge is 2.52. The quantitative estimate of drug-likeness (QED) is 0.0905. The number of amides is 3. The number of hydrogen-bond acceptors (Lipinski definition) is 15. The Balaban J connectivity index is 2.22. The van der Waals surface area contributed by atoms with Crippen molar-refractivity contribution in [1.82, 2.24) is 16.0 Å². The van der Waals surface area contributed by atoms with Gasteiger partial charge in [0.15, 0.2) is 12.6 Å². The Labute approximate surface area is 246 Å². The molecule has 0 spiro atoms. The van der Waals surface area contributed by atoms with Crippen molar-refractivity contribution < 1.29 is 73.9 Å². The van der Waals surface area contributed by atoms with Gasteiger partial charge < -0.3 is 76.4 Å². The molecule has 0 aromatic heterocycles. The number of aliphatic hydroxyl groups is 6. The van der Waals surface area contributed by atoms with Crippen LogP contribution in [-0.2, 0) is 38.1 Å². The fourth-order valence-electron chi connectivity index (χ4n) is 4.35. The molecule has 2 heterocycles. The van der Waals surface area contributed by atoms with Gasteiger partial charge in [0, 0.05) is 6.92 Å². The van der Waals surface area contributed by atoms with E-state index in [1.807, 2.05) is 0 Å². The maximum absolute atomic E-state index is 12.7. The molecule has 0 aliphatic carbocycles. The van der Waals surface area contributed by atoms with Gasteiger partial charge in [0.1, 0.15) is 66.9 Å². The van der Waals surface area contributed by atoms with E-state index in [1.165, 1.54) is 20.8 Å². The molecule has 2 saturated heterocycles. The molecule has 0 saturated carbocycles. The Hall–Kier alpha value is -2.56. The molecule has 2 fully saturated rings.